The number of urea groups is 1. The number of nitrogens with zero attached hydrogens (tertiary/aromatic N) is 3. The monoisotopic (exact) mass is 333 g/mol. The van der Waals surface area contributed by atoms with Crippen LogP contribution in [0, 0.1) is 0 Å². The largest absolute Gasteiger partial charge is 0.334 e. The molecule has 0 aliphatic carbocycles. The maximum absolute atomic E-state index is 11.9. The van der Waals surface area contributed by atoms with Crippen molar-refractivity contribution in [2.75, 3.05) is 24.7 Å². The van der Waals surface area contributed by atoms with Crippen molar-refractivity contribution in [1.82, 2.24) is 19.8 Å². The summed E-state index contributed by atoms with van der Waals surface area (Å²) in [5, 5.41) is 14.5. The van der Waals surface area contributed by atoms with E-state index in [1.807, 2.05) is 6.92 Å². The maximum Gasteiger partial charge on any atom is 0.321 e. The number of sulfonamides is 1. The lowest BCUT2D eigenvalue weighted by Crippen LogP contribution is -2.50. The van der Waals surface area contributed by atoms with Crippen LogP contribution in [0.2, 0.25) is 0 Å². The maximum atomic E-state index is 11.9. The molecule has 2 N–H and O–H groups in total. The summed E-state index contributed by atoms with van der Waals surface area (Å²) in [5.41, 5.74) is 0. The first kappa shape index (κ1) is 16.1. The molecule has 1 aliphatic heterocycles. The quantitative estimate of drug-likeness (QED) is 0.842. The fraction of sp³-hybridized carbons (Fsp3) is 0.727. The van der Waals surface area contributed by atoms with Gasteiger partial charge in [0.25, 0.3) is 0 Å². The fourth-order valence-electron chi connectivity index (χ4n) is 2.13. The fourth-order valence-corrected chi connectivity index (χ4v) is 3.71. The zero-order valence-electron chi connectivity index (χ0n) is 12.0. The molecule has 1 fully saturated rings. The van der Waals surface area contributed by atoms with Gasteiger partial charge in [-0.15, -0.1) is 10.2 Å². The van der Waals surface area contributed by atoms with Crippen LogP contribution in [0.3, 0.4) is 0 Å². The molecule has 21 heavy (non-hydrogen) atoms. The first-order valence-electron chi connectivity index (χ1n) is 6.73. The number of piperidine rings is 1. The van der Waals surface area contributed by atoms with Crippen LogP contribution < -0.4 is 10.6 Å². The zero-order valence-corrected chi connectivity index (χ0v) is 13.6. The molecule has 2 amide bonds. The van der Waals surface area contributed by atoms with Crippen molar-refractivity contribution >= 4 is 32.5 Å². The van der Waals surface area contributed by atoms with Gasteiger partial charge in [-0.05, 0) is 19.3 Å². The van der Waals surface area contributed by atoms with Gasteiger partial charge in [-0.2, -0.15) is 0 Å². The van der Waals surface area contributed by atoms with Gasteiger partial charge < -0.3 is 5.32 Å². The molecule has 1 aliphatic rings. The summed E-state index contributed by atoms with van der Waals surface area (Å²) < 4.78 is 24.4. The van der Waals surface area contributed by atoms with E-state index in [1.54, 1.807) is 0 Å². The summed E-state index contributed by atoms with van der Waals surface area (Å²) in [4.78, 5) is 11.9. The highest BCUT2D eigenvalue weighted by Gasteiger charge is 2.26. The van der Waals surface area contributed by atoms with Gasteiger partial charge in [0, 0.05) is 19.1 Å². The zero-order chi connectivity index (χ0) is 15.5. The van der Waals surface area contributed by atoms with Gasteiger partial charge in [0.05, 0.1) is 6.26 Å². The molecule has 0 saturated carbocycles. The van der Waals surface area contributed by atoms with E-state index < -0.39 is 10.0 Å². The molecular weight excluding hydrogens is 314 g/mol. The van der Waals surface area contributed by atoms with Crippen LogP contribution in [0.4, 0.5) is 9.93 Å². The summed E-state index contributed by atoms with van der Waals surface area (Å²) >= 11 is 1.33. The van der Waals surface area contributed by atoms with E-state index in [2.05, 4.69) is 20.8 Å². The second-order valence-corrected chi connectivity index (χ2v) is 7.96. The summed E-state index contributed by atoms with van der Waals surface area (Å²) in [7, 11) is -3.21. The first-order chi connectivity index (χ1) is 9.88. The second-order valence-electron chi connectivity index (χ2n) is 4.91. The highest BCUT2D eigenvalue weighted by molar-refractivity contribution is 7.88. The topological polar surface area (TPSA) is 104 Å². The Labute approximate surface area is 128 Å². The Bertz CT molecular complexity index is 601. The van der Waals surface area contributed by atoms with Crippen LogP contribution in [0.1, 0.15) is 24.8 Å². The minimum atomic E-state index is -3.21. The number of aryl methyl sites for hydroxylation is 1. The van der Waals surface area contributed by atoms with Crippen LogP contribution in [-0.2, 0) is 16.4 Å². The number of carbonyl (C=O) groups excluding carboxylic acids is 1. The van der Waals surface area contributed by atoms with Crippen molar-refractivity contribution in [2.45, 2.75) is 32.2 Å². The third kappa shape index (κ3) is 4.61. The Kier molecular flexibility index (Phi) is 5.12. The smallest absolute Gasteiger partial charge is 0.321 e. The van der Waals surface area contributed by atoms with Crippen LogP contribution in [-0.4, -0.2) is 54.3 Å². The molecule has 10 heteroatoms. The van der Waals surface area contributed by atoms with Gasteiger partial charge in [0.2, 0.25) is 15.2 Å². The number of carbonyl (C=O) groups is 1. The molecule has 1 aromatic rings. The first-order valence-corrected chi connectivity index (χ1v) is 9.40. The minimum absolute atomic E-state index is 0.188. The highest BCUT2D eigenvalue weighted by atomic mass is 32.2. The van der Waals surface area contributed by atoms with E-state index in [-0.39, 0.29) is 12.1 Å². The normalized spacial score (nSPS) is 20.2. The van der Waals surface area contributed by atoms with Crippen molar-refractivity contribution in [2.24, 2.45) is 0 Å². The number of rotatable bonds is 4. The van der Waals surface area contributed by atoms with Crippen molar-refractivity contribution in [3.05, 3.63) is 5.01 Å². The van der Waals surface area contributed by atoms with Crippen molar-refractivity contribution < 1.29 is 13.2 Å². The second kappa shape index (κ2) is 6.67. The Balaban J connectivity index is 1.87. The number of amides is 2. The molecule has 1 unspecified atom stereocenters. The Hall–Kier alpha value is -1.26. The SMILES string of the molecule is CCc1nnc(NC(=O)NC2CCCN(S(C)(=O)=O)C2)s1. The molecule has 2 heterocycles. The van der Waals surface area contributed by atoms with E-state index in [9.17, 15) is 13.2 Å². The lowest BCUT2D eigenvalue weighted by Gasteiger charge is -2.31. The molecule has 118 valence electrons. The van der Waals surface area contributed by atoms with E-state index in [4.69, 9.17) is 0 Å². The molecule has 0 radical (unpaired) electrons. The summed E-state index contributed by atoms with van der Waals surface area (Å²) in [6.07, 6.45) is 3.45. The van der Waals surface area contributed by atoms with Crippen LogP contribution in [0.15, 0.2) is 0 Å². The molecule has 2 rings (SSSR count). The van der Waals surface area contributed by atoms with Crippen molar-refractivity contribution in [1.29, 1.82) is 0 Å². The Morgan fingerprint density at radius 1 is 1.48 bits per heavy atom. The molecule has 1 aromatic heterocycles. The van der Waals surface area contributed by atoms with Gasteiger partial charge in [-0.1, -0.05) is 18.3 Å². The number of nitrogens with one attached hydrogen (secondary N) is 2. The van der Waals surface area contributed by atoms with Gasteiger partial charge in [0.1, 0.15) is 5.01 Å². The van der Waals surface area contributed by atoms with E-state index >= 15 is 0 Å². The summed E-state index contributed by atoms with van der Waals surface area (Å²) in [6, 6.07) is -0.568. The van der Waals surface area contributed by atoms with Gasteiger partial charge in [-0.25, -0.2) is 17.5 Å². The van der Waals surface area contributed by atoms with Crippen molar-refractivity contribution in [3.63, 3.8) is 0 Å². The minimum Gasteiger partial charge on any atom is -0.334 e. The van der Waals surface area contributed by atoms with Crippen LogP contribution in [0.5, 0.6) is 0 Å². The third-order valence-electron chi connectivity index (χ3n) is 3.18. The van der Waals surface area contributed by atoms with E-state index in [0.717, 1.165) is 24.3 Å². The lowest BCUT2D eigenvalue weighted by atomic mass is 10.1. The standard InChI is InChI=1S/C11H19N5O3S2/c1-3-9-14-15-11(20-9)13-10(17)12-8-5-4-6-16(7-8)21(2,18)19/h8H,3-7H2,1-2H3,(H2,12,13,15,17). The summed E-state index contributed by atoms with van der Waals surface area (Å²) in [5.74, 6) is 0. The Morgan fingerprint density at radius 2 is 2.24 bits per heavy atom. The number of anilines is 1. The number of aromatic nitrogens is 2. The predicted molar refractivity (Wildman–Crippen MR) is 80.9 cm³/mol. The number of hydrogen-bond donors (Lipinski definition) is 2. The third-order valence-corrected chi connectivity index (χ3v) is 5.43. The molecule has 8 nitrogen and oxygen atoms in total. The van der Waals surface area contributed by atoms with Gasteiger partial charge in [0.15, 0.2) is 0 Å². The predicted octanol–water partition coefficient (Wildman–Crippen LogP) is 0.646. The molecule has 0 aromatic carbocycles. The van der Waals surface area contributed by atoms with Crippen LogP contribution >= 0.6 is 11.3 Å². The summed E-state index contributed by atoms with van der Waals surface area (Å²) in [6.45, 7) is 2.78. The molecule has 0 spiro atoms. The van der Waals surface area contributed by atoms with E-state index in [0.29, 0.717) is 18.2 Å². The average Bonchev–Trinajstić information content (AvgIpc) is 2.85. The molecule has 1 saturated heterocycles. The average molecular weight is 333 g/mol. The molecule has 0 bridgehead atoms. The van der Waals surface area contributed by atoms with Gasteiger partial charge >= 0.3 is 6.03 Å². The van der Waals surface area contributed by atoms with Crippen molar-refractivity contribution in [3.8, 4) is 0 Å². The van der Waals surface area contributed by atoms with Gasteiger partial charge in [-0.3, -0.25) is 5.32 Å². The molecule has 1 atom stereocenters. The highest BCUT2D eigenvalue weighted by Crippen LogP contribution is 2.16. The molecular formula is C11H19N5O3S2. The Morgan fingerprint density at radius 3 is 2.86 bits per heavy atom. The van der Waals surface area contributed by atoms with E-state index in [1.165, 1.54) is 21.9 Å². The lowest BCUT2D eigenvalue weighted by molar-refractivity contribution is 0.236. The van der Waals surface area contributed by atoms with Crippen LogP contribution in [0.25, 0.3) is 0 Å². The number of hydrogen-bond acceptors (Lipinski definition) is 6.